The summed E-state index contributed by atoms with van der Waals surface area (Å²) in [6.07, 6.45) is 0.544. The first-order valence-electron chi connectivity index (χ1n) is 8.42. The van der Waals surface area contributed by atoms with E-state index in [0.29, 0.717) is 12.3 Å². The van der Waals surface area contributed by atoms with Crippen LogP contribution in [0.5, 0.6) is 5.75 Å². The molecule has 0 spiro atoms. The number of hydrogen-bond acceptors (Lipinski definition) is 4. The van der Waals surface area contributed by atoms with Crippen molar-refractivity contribution in [2.45, 2.75) is 38.8 Å². The van der Waals surface area contributed by atoms with Gasteiger partial charge >= 0.3 is 0 Å². The van der Waals surface area contributed by atoms with Crippen molar-refractivity contribution in [3.05, 3.63) is 46.7 Å². The molecular formula is C19H22N2O3S. The molecule has 1 N–H and O–H groups in total. The number of anilines is 1. The monoisotopic (exact) mass is 358 g/mol. The summed E-state index contributed by atoms with van der Waals surface area (Å²) in [6.45, 7) is 4.07. The predicted octanol–water partition coefficient (Wildman–Crippen LogP) is 3.00. The minimum absolute atomic E-state index is 0.0489. The van der Waals surface area contributed by atoms with Crippen LogP contribution in [0.4, 0.5) is 5.69 Å². The van der Waals surface area contributed by atoms with Gasteiger partial charge in [-0.05, 0) is 54.8 Å². The van der Waals surface area contributed by atoms with E-state index in [-0.39, 0.29) is 24.3 Å². The van der Waals surface area contributed by atoms with Gasteiger partial charge in [0.05, 0.1) is 5.69 Å². The van der Waals surface area contributed by atoms with Crippen LogP contribution in [0, 0.1) is 0 Å². The molecule has 1 aromatic carbocycles. The lowest BCUT2D eigenvalue weighted by atomic mass is 10.1. The van der Waals surface area contributed by atoms with Crippen molar-refractivity contribution >= 4 is 28.8 Å². The molecule has 0 bridgehead atoms. The van der Waals surface area contributed by atoms with Crippen molar-refractivity contribution < 1.29 is 14.3 Å². The summed E-state index contributed by atoms with van der Waals surface area (Å²) in [4.78, 5) is 26.3. The van der Waals surface area contributed by atoms with Crippen molar-refractivity contribution in [1.29, 1.82) is 0 Å². The van der Waals surface area contributed by atoms with Crippen LogP contribution in [-0.4, -0.2) is 30.5 Å². The molecule has 132 valence electrons. The molecule has 2 unspecified atom stereocenters. The van der Waals surface area contributed by atoms with Gasteiger partial charge in [-0.25, -0.2) is 0 Å². The lowest BCUT2D eigenvalue weighted by Gasteiger charge is -2.32. The molecule has 0 aliphatic carbocycles. The maximum Gasteiger partial charge on any atom is 0.267 e. The summed E-state index contributed by atoms with van der Waals surface area (Å²) < 4.78 is 5.61. The molecule has 3 rings (SSSR count). The molecule has 2 atom stereocenters. The molecule has 0 fully saturated rings. The zero-order valence-electron chi connectivity index (χ0n) is 14.4. The molecule has 1 aromatic heterocycles. The molecular weight excluding hydrogens is 336 g/mol. The number of thiophene rings is 1. The highest BCUT2D eigenvalue weighted by atomic mass is 32.1. The maximum atomic E-state index is 12.4. The molecule has 0 radical (unpaired) electrons. The van der Waals surface area contributed by atoms with Crippen LogP contribution >= 0.6 is 11.3 Å². The highest BCUT2D eigenvalue weighted by Gasteiger charge is 2.31. The van der Waals surface area contributed by atoms with Gasteiger partial charge in [-0.2, -0.15) is 11.3 Å². The van der Waals surface area contributed by atoms with Crippen molar-refractivity contribution in [3.63, 3.8) is 0 Å². The van der Waals surface area contributed by atoms with Crippen LogP contribution in [0.2, 0.25) is 0 Å². The lowest BCUT2D eigenvalue weighted by Crippen LogP contribution is -2.46. The zero-order chi connectivity index (χ0) is 17.8. The lowest BCUT2D eigenvalue weighted by molar-refractivity contribution is -0.125. The van der Waals surface area contributed by atoms with Crippen molar-refractivity contribution in [2.24, 2.45) is 0 Å². The van der Waals surface area contributed by atoms with Crippen LogP contribution in [0.15, 0.2) is 41.1 Å². The Morgan fingerprint density at radius 1 is 1.36 bits per heavy atom. The van der Waals surface area contributed by atoms with Gasteiger partial charge in [0.2, 0.25) is 5.91 Å². The van der Waals surface area contributed by atoms with E-state index in [9.17, 15) is 9.59 Å². The SMILES string of the molecule is CC(Cc1ccsc1)NC(=O)CCN1C(=O)C(C)Oc2ccccc21. The molecule has 1 aliphatic rings. The quantitative estimate of drug-likeness (QED) is 0.864. The number of fused-ring (bicyclic) bond motifs is 1. The number of carbonyl (C=O) groups excluding carboxylic acids is 2. The number of ether oxygens (including phenoxy) is 1. The van der Waals surface area contributed by atoms with Gasteiger partial charge < -0.3 is 15.0 Å². The van der Waals surface area contributed by atoms with E-state index in [2.05, 4.69) is 16.8 Å². The summed E-state index contributed by atoms with van der Waals surface area (Å²) >= 11 is 1.65. The van der Waals surface area contributed by atoms with Crippen molar-refractivity contribution in [2.75, 3.05) is 11.4 Å². The molecule has 2 aromatic rings. The standard InChI is InChI=1S/C19H22N2O3S/c1-13(11-15-8-10-25-12-15)20-18(22)7-9-21-16-5-3-4-6-17(16)24-14(2)19(21)23/h3-6,8,10,12-14H,7,9,11H2,1-2H3,(H,20,22). The zero-order valence-corrected chi connectivity index (χ0v) is 15.2. The highest BCUT2D eigenvalue weighted by molar-refractivity contribution is 7.07. The second-order valence-electron chi connectivity index (χ2n) is 6.27. The largest absolute Gasteiger partial charge is 0.479 e. The van der Waals surface area contributed by atoms with Gasteiger partial charge in [-0.1, -0.05) is 12.1 Å². The Kier molecular flexibility index (Phi) is 5.38. The van der Waals surface area contributed by atoms with E-state index >= 15 is 0 Å². The van der Waals surface area contributed by atoms with Gasteiger partial charge in [0, 0.05) is 19.0 Å². The molecule has 2 amide bonds. The van der Waals surface area contributed by atoms with E-state index in [4.69, 9.17) is 4.74 Å². The Balaban J connectivity index is 1.57. The Hall–Kier alpha value is -2.34. The number of carbonyl (C=O) groups is 2. The number of nitrogens with zero attached hydrogens (tertiary/aromatic N) is 1. The predicted molar refractivity (Wildman–Crippen MR) is 99.1 cm³/mol. The number of rotatable bonds is 6. The summed E-state index contributed by atoms with van der Waals surface area (Å²) in [7, 11) is 0. The fourth-order valence-corrected chi connectivity index (χ4v) is 3.64. The number of nitrogens with one attached hydrogen (secondary N) is 1. The van der Waals surface area contributed by atoms with Crippen LogP contribution in [0.25, 0.3) is 0 Å². The second-order valence-corrected chi connectivity index (χ2v) is 7.05. The molecule has 2 heterocycles. The van der Waals surface area contributed by atoms with Crippen LogP contribution in [0.3, 0.4) is 0 Å². The third-order valence-electron chi connectivity index (χ3n) is 4.17. The van der Waals surface area contributed by atoms with Crippen LogP contribution in [-0.2, 0) is 16.0 Å². The molecule has 0 saturated carbocycles. The van der Waals surface area contributed by atoms with E-state index in [0.717, 1.165) is 12.1 Å². The third kappa shape index (κ3) is 4.20. The Bertz CT molecular complexity index is 745. The van der Waals surface area contributed by atoms with Gasteiger partial charge in [-0.15, -0.1) is 0 Å². The Morgan fingerprint density at radius 3 is 2.92 bits per heavy atom. The normalized spacial score (nSPS) is 17.6. The maximum absolute atomic E-state index is 12.4. The van der Waals surface area contributed by atoms with Crippen LogP contribution < -0.4 is 15.0 Å². The second kappa shape index (κ2) is 7.70. The minimum atomic E-state index is -0.532. The molecule has 25 heavy (non-hydrogen) atoms. The van der Waals surface area contributed by atoms with E-state index < -0.39 is 6.10 Å². The average molecular weight is 358 g/mol. The van der Waals surface area contributed by atoms with Gasteiger partial charge in [0.25, 0.3) is 5.91 Å². The Labute approximate surface area is 151 Å². The van der Waals surface area contributed by atoms with Crippen molar-refractivity contribution in [3.8, 4) is 5.75 Å². The van der Waals surface area contributed by atoms with Gasteiger partial charge in [0.1, 0.15) is 5.75 Å². The number of amides is 2. The van der Waals surface area contributed by atoms with E-state index in [1.54, 1.807) is 23.2 Å². The summed E-state index contributed by atoms with van der Waals surface area (Å²) in [6, 6.07) is 9.55. The van der Waals surface area contributed by atoms with Crippen molar-refractivity contribution in [1.82, 2.24) is 5.32 Å². The summed E-state index contributed by atoms with van der Waals surface area (Å²) in [5.74, 6) is 0.519. The molecule has 6 heteroatoms. The first-order chi connectivity index (χ1) is 12.0. The van der Waals surface area contributed by atoms with E-state index in [1.807, 2.05) is 36.6 Å². The number of para-hydroxylation sites is 2. The fraction of sp³-hybridized carbons (Fsp3) is 0.368. The first-order valence-corrected chi connectivity index (χ1v) is 9.36. The van der Waals surface area contributed by atoms with Gasteiger partial charge in [-0.3, -0.25) is 9.59 Å². The molecule has 0 saturated heterocycles. The van der Waals surface area contributed by atoms with Crippen LogP contribution in [0.1, 0.15) is 25.8 Å². The Morgan fingerprint density at radius 2 is 2.16 bits per heavy atom. The number of hydrogen-bond donors (Lipinski definition) is 1. The minimum Gasteiger partial charge on any atom is -0.479 e. The van der Waals surface area contributed by atoms with Gasteiger partial charge in [0.15, 0.2) is 6.10 Å². The number of benzene rings is 1. The summed E-state index contributed by atoms with van der Waals surface area (Å²) in [5.41, 5.74) is 1.95. The fourth-order valence-electron chi connectivity index (χ4n) is 2.96. The molecule has 5 nitrogen and oxygen atoms in total. The highest BCUT2D eigenvalue weighted by Crippen LogP contribution is 2.33. The third-order valence-corrected chi connectivity index (χ3v) is 4.90. The van der Waals surface area contributed by atoms with E-state index in [1.165, 1.54) is 5.56 Å². The smallest absolute Gasteiger partial charge is 0.267 e. The average Bonchev–Trinajstić information content (AvgIpc) is 3.08. The summed E-state index contributed by atoms with van der Waals surface area (Å²) in [5, 5.41) is 7.13. The topological polar surface area (TPSA) is 58.6 Å². The molecule has 1 aliphatic heterocycles. The first kappa shape index (κ1) is 17.5.